The first kappa shape index (κ1) is 12.9. The smallest absolute Gasteiger partial charge is 0.149 e. The monoisotopic (exact) mass is 247 g/mol. The zero-order valence-electron chi connectivity index (χ0n) is 9.10. The van der Waals surface area contributed by atoms with Crippen LogP contribution in [0.1, 0.15) is 11.6 Å². The van der Waals surface area contributed by atoms with Gasteiger partial charge in [-0.2, -0.15) is 0 Å². The number of benzene rings is 1. The SMILES string of the molecule is COc1ccc(C(N)CS(C)(=O)=O)c(F)c1. The average molecular weight is 247 g/mol. The summed E-state index contributed by atoms with van der Waals surface area (Å²) in [7, 11) is -1.81. The summed E-state index contributed by atoms with van der Waals surface area (Å²) in [5.74, 6) is -0.473. The Morgan fingerprint density at radius 3 is 2.56 bits per heavy atom. The highest BCUT2D eigenvalue weighted by molar-refractivity contribution is 7.90. The lowest BCUT2D eigenvalue weighted by Crippen LogP contribution is -2.21. The van der Waals surface area contributed by atoms with Gasteiger partial charge in [0.25, 0.3) is 0 Å². The lowest BCUT2D eigenvalue weighted by molar-refractivity contribution is 0.410. The first-order valence-electron chi connectivity index (χ1n) is 4.60. The topological polar surface area (TPSA) is 69.4 Å². The number of rotatable bonds is 4. The second kappa shape index (κ2) is 4.80. The van der Waals surface area contributed by atoms with Gasteiger partial charge in [-0.05, 0) is 6.07 Å². The predicted octanol–water partition coefficient (Wildman–Crippen LogP) is 0.879. The fourth-order valence-corrected chi connectivity index (χ4v) is 2.18. The molecule has 0 spiro atoms. The number of methoxy groups -OCH3 is 1. The Balaban J connectivity index is 2.96. The molecule has 1 atom stereocenters. The van der Waals surface area contributed by atoms with Gasteiger partial charge in [0.1, 0.15) is 21.4 Å². The maximum atomic E-state index is 13.5. The number of hydrogen-bond donors (Lipinski definition) is 1. The van der Waals surface area contributed by atoms with Crippen molar-refractivity contribution in [2.45, 2.75) is 6.04 Å². The second-order valence-corrected chi connectivity index (χ2v) is 5.77. The van der Waals surface area contributed by atoms with Crippen LogP contribution >= 0.6 is 0 Å². The highest BCUT2D eigenvalue weighted by Gasteiger charge is 2.16. The molecule has 0 amide bonds. The predicted molar refractivity (Wildman–Crippen MR) is 59.6 cm³/mol. The minimum atomic E-state index is -3.23. The Morgan fingerprint density at radius 2 is 2.12 bits per heavy atom. The van der Waals surface area contributed by atoms with Crippen LogP contribution in [0.3, 0.4) is 0 Å². The second-order valence-electron chi connectivity index (χ2n) is 3.59. The normalized spacial score (nSPS) is 13.5. The maximum absolute atomic E-state index is 13.5. The number of sulfone groups is 1. The van der Waals surface area contributed by atoms with Crippen LogP contribution in [0.4, 0.5) is 4.39 Å². The van der Waals surface area contributed by atoms with Crippen LogP contribution in [-0.4, -0.2) is 27.5 Å². The molecule has 0 bridgehead atoms. The average Bonchev–Trinajstić information content (AvgIpc) is 2.14. The van der Waals surface area contributed by atoms with Gasteiger partial charge >= 0.3 is 0 Å². The van der Waals surface area contributed by atoms with Crippen molar-refractivity contribution in [3.05, 3.63) is 29.6 Å². The van der Waals surface area contributed by atoms with E-state index in [0.717, 1.165) is 6.26 Å². The zero-order chi connectivity index (χ0) is 12.3. The summed E-state index contributed by atoms with van der Waals surface area (Å²) in [5, 5.41) is 0. The van der Waals surface area contributed by atoms with E-state index >= 15 is 0 Å². The van der Waals surface area contributed by atoms with Crippen LogP contribution in [0.2, 0.25) is 0 Å². The molecule has 0 radical (unpaired) electrons. The molecule has 0 aliphatic rings. The van der Waals surface area contributed by atoms with E-state index in [1.807, 2.05) is 0 Å². The molecule has 0 saturated heterocycles. The van der Waals surface area contributed by atoms with Crippen LogP contribution in [-0.2, 0) is 9.84 Å². The summed E-state index contributed by atoms with van der Waals surface area (Å²) < 4.78 is 40.4. The molecular weight excluding hydrogens is 233 g/mol. The van der Waals surface area contributed by atoms with E-state index in [1.165, 1.54) is 19.2 Å². The number of ether oxygens (including phenoxy) is 1. The van der Waals surface area contributed by atoms with E-state index in [1.54, 1.807) is 6.07 Å². The fraction of sp³-hybridized carbons (Fsp3) is 0.400. The van der Waals surface area contributed by atoms with E-state index < -0.39 is 21.7 Å². The van der Waals surface area contributed by atoms with Crippen molar-refractivity contribution in [1.29, 1.82) is 0 Å². The molecule has 0 aliphatic heterocycles. The van der Waals surface area contributed by atoms with E-state index in [9.17, 15) is 12.8 Å². The van der Waals surface area contributed by atoms with E-state index in [-0.39, 0.29) is 11.3 Å². The number of nitrogens with two attached hydrogens (primary N) is 1. The maximum Gasteiger partial charge on any atom is 0.149 e. The van der Waals surface area contributed by atoms with E-state index in [0.29, 0.717) is 5.75 Å². The van der Waals surface area contributed by atoms with Crippen LogP contribution in [0.25, 0.3) is 0 Å². The molecule has 2 N–H and O–H groups in total. The fourth-order valence-electron chi connectivity index (χ4n) is 1.35. The standard InChI is InChI=1S/C10H14FNO3S/c1-15-7-3-4-8(9(11)5-7)10(12)6-16(2,13)14/h3-5,10H,6,12H2,1-2H3. The highest BCUT2D eigenvalue weighted by atomic mass is 32.2. The summed E-state index contributed by atoms with van der Waals surface area (Å²) in [4.78, 5) is 0. The van der Waals surface area contributed by atoms with Crippen molar-refractivity contribution in [3.8, 4) is 5.75 Å². The summed E-state index contributed by atoms with van der Waals surface area (Å²) in [6.45, 7) is 0. The number of halogens is 1. The van der Waals surface area contributed by atoms with Crippen molar-refractivity contribution < 1.29 is 17.5 Å². The van der Waals surface area contributed by atoms with Gasteiger partial charge in [0.15, 0.2) is 0 Å². The van der Waals surface area contributed by atoms with Crippen LogP contribution in [0, 0.1) is 5.82 Å². The highest BCUT2D eigenvalue weighted by Crippen LogP contribution is 2.21. The Morgan fingerprint density at radius 1 is 1.50 bits per heavy atom. The molecule has 1 aromatic carbocycles. The van der Waals surface area contributed by atoms with Crippen molar-refractivity contribution in [1.82, 2.24) is 0 Å². The lowest BCUT2D eigenvalue weighted by atomic mass is 10.1. The Labute approximate surface area is 94.1 Å². The summed E-state index contributed by atoms with van der Waals surface area (Å²) >= 11 is 0. The van der Waals surface area contributed by atoms with Crippen molar-refractivity contribution in [2.75, 3.05) is 19.1 Å². The van der Waals surface area contributed by atoms with Crippen LogP contribution in [0.15, 0.2) is 18.2 Å². The van der Waals surface area contributed by atoms with Gasteiger partial charge in [0, 0.05) is 23.9 Å². The summed E-state index contributed by atoms with van der Waals surface area (Å²) in [5.41, 5.74) is 5.79. The molecule has 1 rings (SSSR count). The quantitative estimate of drug-likeness (QED) is 0.857. The Kier molecular flexibility index (Phi) is 3.88. The molecule has 0 aliphatic carbocycles. The third-order valence-corrected chi connectivity index (χ3v) is 3.05. The Hall–Kier alpha value is -1.14. The van der Waals surface area contributed by atoms with Crippen molar-refractivity contribution >= 4 is 9.84 Å². The lowest BCUT2D eigenvalue weighted by Gasteiger charge is -2.12. The molecule has 0 aromatic heterocycles. The summed E-state index contributed by atoms with van der Waals surface area (Å²) in [6, 6.07) is 3.29. The van der Waals surface area contributed by atoms with Gasteiger partial charge in [0.05, 0.1) is 12.9 Å². The van der Waals surface area contributed by atoms with Gasteiger partial charge < -0.3 is 10.5 Å². The summed E-state index contributed by atoms with van der Waals surface area (Å²) in [6.07, 6.45) is 1.06. The first-order chi connectivity index (χ1) is 7.33. The van der Waals surface area contributed by atoms with Crippen LogP contribution in [0.5, 0.6) is 5.75 Å². The molecular formula is C10H14FNO3S. The molecule has 1 aromatic rings. The third-order valence-electron chi connectivity index (χ3n) is 2.09. The third kappa shape index (κ3) is 3.46. The zero-order valence-corrected chi connectivity index (χ0v) is 9.92. The largest absolute Gasteiger partial charge is 0.497 e. The molecule has 0 saturated carbocycles. The molecule has 6 heteroatoms. The van der Waals surface area contributed by atoms with Gasteiger partial charge in [-0.25, -0.2) is 12.8 Å². The molecule has 4 nitrogen and oxygen atoms in total. The Bertz CT molecular complexity index is 473. The van der Waals surface area contributed by atoms with Gasteiger partial charge in [0.2, 0.25) is 0 Å². The molecule has 90 valence electrons. The minimum absolute atomic E-state index is 0.172. The molecule has 0 heterocycles. The van der Waals surface area contributed by atoms with Gasteiger partial charge in [-0.15, -0.1) is 0 Å². The molecule has 0 fully saturated rings. The van der Waals surface area contributed by atoms with E-state index in [2.05, 4.69) is 0 Å². The van der Waals surface area contributed by atoms with Crippen molar-refractivity contribution in [2.24, 2.45) is 5.73 Å². The van der Waals surface area contributed by atoms with Crippen LogP contribution < -0.4 is 10.5 Å². The van der Waals surface area contributed by atoms with Crippen molar-refractivity contribution in [3.63, 3.8) is 0 Å². The minimum Gasteiger partial charge on any atom is -0.497 e. The molecule has 1 unspecified atom stereocenters. The van der Waals surface area contributed by atoms with E-state index in [4.69, 9.17) is 10.5 Å². The van der Waals surface area contributed by atoms with Gasteiger partial charge in [-0.1, -0.05) is 6.07 Å². The number of hydrogen-bond acceptors (Lipinski definition) is 4. The van der Waals surface area contributed by atoms with Gasteiger partial charge in [-0.3, -0.25) is 0 Å². The molecule has 16 heavy (non-hydrogen) atoms. The first-order valence-corrected chi connectivity index (χ1v) is 6.66.